The highest BCUT2D eigenvalue weighted by atomic mass is 19.1. The lowest BCUT2D eigenvalue weighted by atomic mass is 9.95. The number of rotatable bonds is 6. The van der Waals surface area contributed by atoms with E-state index < -0.39 is 17.5 Å². The number of aromatic hydroxyl groups is 1. The zero-order valence-electron chi connectivity index (χ0n) is 23.0. The number of carbonyl (C=O) groups is 1. The Labute approximate surface area is 234 Å². The third-order valence-electron chi connectivity index (χ3n) is 6.64. The topological polar surface area (TPSA) is 106 Å². The molecule has 0 fully saturated rings. The van der Waals surface area contributed by atoms with E-state index in [1.807, 2.05) is 6.92 Å². The molecule has 0 aliphatic heterocycles. The summed E-state index contributed by atoms with van der Waals surface area (Å²) in [5.41, 5.74) is 4.00. The molecule has 0 saturated carbocycles. The number of hydrogen-bond donors (Lipinski definition) is 2. The fourth-order valence-corrected chi connectivity index (χ4v) is 4.72. The molecule has 0 aliphatic carbocycles. The average Bonchev–Trinajstić information content (AvgIpc) is 2.91. The molecule has 2 N–H and O–H groups in total. The van der Waals surface area contributed by atoms with E-state index in [9.17, 15) is 14.3 Å². The number of amides is 1. The molecule has 0 radical (unpaired) electrons. The van der Waals surface area contributed by atoms with Crippen LogP contribution in [0.2, 0.25) is 0 Å². The largest absolute Gasteiger partial charge is 0.506 e. The number of methoxy groups -OCH3 is 1. The van der Waals surface area contributed by atoms with Crippen LogP contribution in [0.4, 0.5) is 14.5 Å². The van der Waals surface area contributed by atoms with Gasteiger partial charge < -0.3 is 19.9 Å². The lowest BCUT2D eigenvalue weighted by Gasteiger charge is -2.17. The van der Waals surface area contributed by atoms with Crippen molar-refractivity contribution in [2.24, 2.45) is 0 Å². The van der Waals surface area contributed by atoms with Gasteiger partial charge in [-0.05, 0) is 69.2 Å². The van der Waals surface area contributed by atoms with E-state index in [-0.39, 0.29) is 34.2 Å². The summed E-state index contributed by atoms with van der Waals surface area (Å²) in [7, 11) is 1.50. The maximum absolute atomic E-state index is 15.1. The smallest absolute Gasteiger partial charge is 0.261 e. The van der Waals surface area contributed by atoms with E-state index >= 15 is 4.39 Å². The summed E-state index contributed by atoms with van der Waals surface area (Å²) in [4.78, 5) is 26.4. The Bertz CT molecular complexity index is 1840. The lowest BCUT2D eigenvalue weighted by Crippen LogP contribution is -2.16. The maximum atomic E-state index is 15.1. The Morgan fingerprint density at radius 1 is 0.902 bits per heavy atom. The fourth-order valence-electron chi connectivity index (χ4n) is 4.72. The molecule has 0 aliphatic rings. The quantitative estimate of drug-likeness (QED) is 0.233. The number of aromatic nitrogens is 3. The summed E-state index contributed by atoms with van der Waals surface area (Å²) in [6.45, 7) is 6.82. The first-order valence-electron chi connectivity index (χ1n) is 12.6. The Hall–Kier alpha value is -5.12. The predicted molar refractivity (Wildman–Crippen MR) is 151 cm³/mol. The van der Waals surface area contributed by atoms with Crippen LogP contribution < -0.4 is 14.8 Å². The Balaban J connectivity index is 1.43. The minimum atomic E-state index is -0.738. The summed E-state index contributed by atoms with van der Waals surface area (Å²) >= 11 is 0. The fraction of sp³-hybridized carbons (Fsp3) is 0.161. The number of halogens is 2. The molecule has 0 saturated heterocycles. The minimum absolute atomic E-state index is 0.0753. The molecule has 0 spiro atoms. The van der Waals surface area contributed by atoms with Crippen molar-refractivity contribution in [3.8, 4) is 34.3 Å². The molecule has 2 aromatic carbocycles. The number of benzene rings is 2. The maximum Gasteiger partial charge on any atom is 0.261 e. The summed E-state index contributed by atoms with van der Waals surface area (Å²) < 4.78 is 39.9. The molecule has 41 heavy (non-hydrogen) atoms. The SMILES string of the molecule is COc1nc2c(Oc3ccc(NC(=O)c4c(C)nc(C)c(-c5ccc(F)cc5C)c4O)cc3F)ccnc2cc1C. The molecule has 0 unspecified atom stereocenters. The van der Waals surface area contributed by atoms with Gasteiger partial charge in [-0.3, -0.25) is 14.8 Å². The van der Waals surface area contributed by atoms with Crippen LogP contribution in [0, 0.1) is 39.3 Å². The van der Waals surface area contributed by atoms with Crippen LogP contribution in [0.5, 0.6) is 23.1 Å². The Morgan fingerprint density at radius 3 is 2.39 bits per heavy atom. The highest BCUT2D eigenvalue weighted by Crippen LogP contribution is 2.38. The third kappa shape index (κ3) is 5.23. The van der Waals surface area contributed by atoms with Crippen molar-refractivity contribution in [3.63, 3.8) is 0 Å². The van der Waals surface area contributed by atoms with Crippen molar-refractivity contribution in [3.05, 3.63) is 94.4 Å². The lowest BCUT2D eigenvalue weighted by molar-refractivity contribution is 0.102. The van der Waals surface area contributed by atoms with Crippen LogP contribution in [0.15, 0.2) is 54.7 Å². The van der Waals surface area contributed by atoms with Crippen molar-refractivity contribution in [1.82, 2.24) is 15.0 Å². The first kappa shape index (κ1) is 27.4. The van der Waals surface area contributed by atoms with Crippen molar-refractivity contribution in [2.75, 3.05) is 12.4 Å². The molecule has 1 amide bonds. The molecule has 0 bridgehead atoms. The molecule has 208 valence electrons. The number of nitrogens with zero attached hydrogens (tertiary/aromatic N) is 3. The van der Waals surface area contributed by atoms with E-state index in [1.54, 1.807) is 32.9 Å². The van der Waals surface area contributed by atoms with Crippen molar-refractivity contribution < 1.29 is 28.2 Å². The molecular formula is C31H26F2N4O4. The second kappa shape index (κ2) is 10.8. The molecular weight excluding hydrogens is 530 g/mol. The summed E-state index contributed by atoms with van der Waals surface area (Å²) in [5.74, 6) is -1.56. The van der Waals surface area contributed by atoms with Crippen LogP contribution in [-0.4, -0.2) is 33.1 Å². The van der Waals surface area contributed by atoms with Crippen LogP contribution in [-0.2, 0) is 0 Å². The summed E-state index contributed by atoms with van der Waals surface area (Å²) in [6, 6.07) is 11.4. The number of nitrogens with one attached hydrogen (secondary N) is 1. The molecule has 5 aromatic rings. The van der Waals surface area contributed by atoms with Gasteiger partial charge in [0, 0.05) is 40.8 Å². The van der Waals surface area contributed by atoms with Crippen LogP contribution >= 0.6 is 0 Å². The third-order valence-corrected chi connectivity index (χ3v) is 6.64. The van der Waals surface area contributed by atoms with Gasteiger partial charge in [-0.15, -0.1) is 0 Å². The molecule has 3 heterocycles. The van der Waals surface area contributed by atoms with E-state index in [0.717, 1.165) is 11.6 Å². The number of anilines is 1. The van der Waals surface area contributed by atoms with Crippen molar-refractivity contribution in [1.29, 1.82) is 0 Å². The van der Waals surface area contributed by atoms with E-state index in [4.69, 9.17) is 9.47 Å². The first-order chi connectivity index (χ1) is 19.6. The number of ether oxygens (including phenoxy) is 2. The standard InChI is InChI=1S/C31H26F2N4O4/c1-15-12-19(32)6-8-21(15)26-17(3)35-18(4)27(29(26)38)30(39)36-20-7-9-24(22(33)14-20)41-25-10-11-34-23-13-16(2)31(40-5)37-28(23)25/h6-14H,1-5H3,(H,35,38)(H,36,39). The van der Waals surface area contributed by atoms with Gasteiger partial charge in [0.15, 0.2) is 17.3 Å². The normalized spacial score (nSPS) is 11.0. The van der Waals surface area contributed by atoms with E-state index in [0.29, 0.717) is 39.3 Å². The highest BCUT2D eigenvalue weighted by molar-refractivity contribution is 6.08. The van der Waals surface area contributed by atoms with Crippen molar-refractivity contribution in [2.45, 2.75) is 27.7 Å². The van der Waals surface area contributed by atoms with Gasteiger partial charge in [0.1, 0.15) is 22.6 Å². The highest BCUT2D eigenvalue weighted by Gasteiger charge is 2.23. The molecule has 8 nitrogen and oxygen atoms in total. The summed E-state index contributed by atoms with van der Waals surface area (Å²) in [6.07, 6.45) is 1.53. The van der Waals surface area contributed by atoms with Gasteiger partial charge in [-0.25, -0.2) is 13.8 Å². The second-order valence-corrected chi connectivity index (χ2v) is 9.53. The first-order valence-corrected chi connectivity index (χ1v) is 12.6. The van der Waals surface area contributed by atoms with Gasteiger partial charge in [-0.1, -0.05) is 6.07 Å². The number of aryl methyl sites for hydroxylation is 4. The number of hydrogen-bond acceptors (Lipinski definition) is 7. The Kier molecular flexibility index (Phi) is 7.23. The van der Waals surface area contributed by atoms with E-state index in [1.165, 1.54) is 43.6 Å². The summed E-state index contributed by atoms with van der Waals surface area (Å²) in [5, 5.41) is 13.8. The van der Waals surface area contributed by atoms with Gasteiger partial charge in [0.25, 0.3) is 5.91 Å². The number of pyridine rings is 3. The predicted octanol–water partition coefficient (Wildman–Crippen LogP) is 6.96. The van der Waals surface area contributed by atoms with Crippen LogP contribution in [0.1, 0.15) is 32.9 Å². The van der Waals surface area contributed by atoms with Gasteiger partial charge in [0.2, 0.25) is 5.88 Å². The zero-order valence-corrected chi connectivity index (χ0v) is 23.0. The van der Waals surface area contributed by atoms with Crippen LogP contribution in [0.25, 0.3) is 22.2 Å². The number of fused-ring (bicyclic) bond motifs is 1. The van der Waals surface area contributed by atoms with Crippen molar-refractivity contribution >= 4 is 22.6 Å². The molecule has 10 heteroatoms. The molecule has 5 rings (SSSR count). The second-order valence-electron chi connectivity index (χ2n) is 9.53. The zero-order chi connectivity index (χ0) is 29.4. The van der Waals surface area contributed by atoms with Crippen LogP contribution in [0.3, 0.4) is 0 Å². The van der Waals surface area contributed by atoms with Gasteiger partial charge in [-0.2, -0.15) is 0 Å². The van der Waals surface area contributed by atoms with Gasteiger partial charge >= 0.3 is 0 Å². The molecule has 0 atom stereocenters. The average molecular weight is 557 g/mol. The number of carbonyl (C=O) groups excluding carboxylic acids is 1. The van der Waals surface area contributed by atoms with E-state index in [2.05, 4.69) is 20.3 Å². The van der Waals surface area contributed by atoms with Gasteiger partial charge in [0.05, 0.1) is 18.3 Å². The monoisotopic (exact) mass is 556 g/mol. The minimum Gasteiger partial charge on any atom is -0.506 e. The molecule has 3 aromatic heterocycles. The Morgan fingerprint density at radius 2 is 1.68 bits per heavy atom.